The van der Waals surface area contributed by atoms with E-state index >= 15 is 0 Å². The minimum Gasteiger partial charge on any atom is -0.488 e. The Labute approximate surface area is 559 Å². The number of nitrogens with one attached hydrogen (secondary N) is 5. The fourth-order valence-corrected chi connectivity index (χ4v) is 8.97. The van der Waals surface area contributed by atoms with Gasteiger partial charge < -0.3 is 45.7 Å². The van der Waals surface area contributed by atoms with Crippen molar-refractivity contribution in [3.63, 3.8) is 0 Å². The summed E-state index contributed by atoms with van der Waals surface area (Å²) in [4.78, 5) is 56.8. The molecule has 6 aromatic carbocycles. The number of halogens is 1. The summed E-state index contributed by atoms with van der Waals surface area (Å²) in [5.74, 6) is 2.16. The Hall–Kier alpha value is -10.6. The first-order valence-electron chi connectivity index (χ1n) is 30.5. The Balaban J connectivity index is 0.000000233. The molecule has 5 amide bonds. The molecule has 10 aromatic rings. The number of carboxylic acids is 1. The van der Waals surface area contributed by atoms with E-state index in [1.54, 1.807) is 47.7 Å². The van der Waals surface area contributed by atoms with Crippen LogP contribution in [0.3, 0.4) is 0 Å². The minimum absolute atomic E-state index is 0.184. The second-order valence-corrected chi connectivity index (χ2v) is 24.9. The fraction of sp³-hybridized carbons (Fsp3) is 0.260. The third-order valence-corrected chi connectivity index (χ3v) is 14.4. The number of fused-ring (bicyclic) bond motifs is 2. The predicted molar refractivity (Wildman–Crippen MR) is 379 cm³/mol. The number of aliphatic carboxylic acids is 1. The van der Waals surface area contributed by atoms with Crippen molar-refractivity contribution in [2.45, 2.75) is 112 Å². The van der Waals surface area contributed by atoms with Gasteiger partial charge in [-0.15, -0.1) is 0 Å². The van der Waals surface area contributed by atoms with Gasteiger partial charge in [-0.3, -0.25) is 15.4 Å². The van der Waals surface area contributed by atoms with Crippen molar-refractivity contribution in [2.75, 3.05) is 46.5 Å². The Kier molecular flexibility index (Phi) is 24.8. The lowest BCUT2D eigenvalue weighted by Gasteiger charge is -2.15. The minimum atomic E-state index is -0.928. The molecule has 8 N–H and O–H groups in total. The van der Waals surface area contributed by atoms with E-state index in [4.69, 9.17) is 46.8 Å². The van der Waals surface area contributed by atoms with Gasteiger partial charge in [-0.2, -0.15) is 10.2 Å². The maximum atomic E-state index is 13.3. The summed E-state index contributed by atoms with van der Waals surface area (Å²) in [5.41, 5.74) is 14.2. The van der Waals surface area contributed by atoms with Gasteiger partial charge in [0.05, 0.1) is 34.1 Å². The number of nitrogens with two attached hydrogens (primary N) is 1. The van der Waals surface area contributed by atoms with E-state index in [0.29, 0.717) is 57.8 Å². The fourth-order valence-electron chi connectivity index (χ4n) is 8.97. The second-order valence-electron chi connectivity index (χ2n) is 24.3. The van der Waals surface area contributed by atoms with E-state index in [1.165, 1.54) is 21.1 Å². The number of hydrogen-bond donors (Lipinski definition) is 7. The largest absolute Gasteiger partial charge is 0.488 e. The number of rotatable bonds is 17. The first-order chi connectivity index (χ1) is 45.1. The van der Waals surface area contributed by atoms with E-state index in [2.05, 4.69) is 89.4 Å². The number of anilines is 6. The monoisotopic (exact) mass is 1310 g/mol. The Morgan fingerprint density at radius 3 is 1.34 bits per heavy atom. The number of aryl methyl sites for hydroxylation is 2. The highest BCUT2D eigenvalue weighted by Crippen LogP contribution is 2.35. The molecule has 21 nitrogen and oxygen atoms in total. The molecule has 0 aliphatic heterocycles. The van der Waals surface area contributed by atoms with Crippen LogP contribution in [0.4, 0.5) is 44.2 Å². The molecule has 0 aliphatic carbocycles. The highest BCUT2D eigenvalue weighted by molar-refractivity contribution is 6.28. The predicted octanol–water partition coefficient (Wildman–Crippen LogP) is 15.9. The number of hydrogen-bond acceptors (Lipinski definition) is 13. The summed E-state index contributed by atoms with van der Waals surface area (Å²) in [6, 6.07) is 49.2. The molecule has 4 heterocycles. The maximum Gasteiger partial charge on any atom is 0.332 e. The number of methoxy groups -OCH3 is 2. The molecule has 0 bridgehead atoms. The number of carbonyl (C=O) groups excluding carboxylic acids is 3. The van der Waals surface area contributed by atoms with Gasteiger partial charge in [-0.1, -0.05) is 144 Å². The SMILES string of the molecule is C=C(C)Cl.COC(C)C(=O)Nc1cc(COc2ccc(NC(=O)Nc3cc(C(C)(C)C)nn3-c3ccc(C)cc3)c3ccccc23)ccn1.CO[C@@H](C)C(=O)O.Cc1ccc(-n2nc(C(C)(C)C)cc2NC(=O)Nc2ccc(OCc3ccnc(N)c3)c3ccccc23)cc1. The molecule has 10 rings (SSSR count). The average Bonchev–Trinajstić information content (AvgIpc) is 1.80. The van der Waals surface area contributed by atoms with Crippen LogP contribution in [0.15, 0.2) is 182 Å². The first kappa shape index (κ1) is 71.8. The van der Waals surface area contributed by atoms with Gasteiger partial charge in [0.2, 0.25) is 0 Å². The van der Waals surface area contributed by atoms with Crippen LogP contribution in [-0.4, -0.2) is 85.0 Å². The van der Waals surface area contributed by atoms with Crippen LogP contribution in [0.5, 0.6) is 11.5 Å². The van der Waals surface area contributed by atoms with Crippen LogP contribution in [-0.2, 0) is 43.1 Å². The van der Waals surface area contributed by atoms with E-state index in [1.807, 2.05) is 159 Å². The van der Waals surface area contributed by atoms with Gasteiger partial charge >= 0.3 is 18.0 Å². The Bertz CT molecular complexity index is 4290. The van der Waals surface area contributed by atoms with Crippen molar-refractivity contribution in [2.24, 2.45) is 0 Å². The van der Waals surface area contributed by atoms with Crippen molar-refractivity contribution in [3.8, 4) is 22.9 Å². The number of benzene rings is 6. The number of allylic oxidation sites excluding steroid dienone is 1. The summed E-state index contributed by atoms with van der Waals surface area (Å²) in [6.45, 7) is 25.4. The van der Waals surface area contributed by atoms with E-state index in [9.17, 15) is 19.2 Å². The van der Waals surface area contributed by atoms with E-state index in [0.717, 1.165) is 66.6 Å². The third-order valence-electron chi connectivity index (χ3n) is 14.4. The maximum absolute atomic E-state index is 13.3. The Morgan fingerprint density at radius 1 is 0.558 bits per heavy atom. The molecule has 95 heavy (non-hydrogen) atoms. The van der Waals surface area contributed by atoms with Gasteiger partial charge in [0, 0.05) is 76.2 Å². The zero-order chi connectivity index (χ0) is 69.1. The van der Waals surface area contributed by atoms with Crippen LogP contribution in [0, 0.1) is 13.8 Å². The molecule has 22 heteroatoms. The van der Waals surface area contributed by atoms with E-state index < -0.39 is 24.2 Å². The first-order valence-corrected chi connectivity index (χ1v) is 30.8. The molecule has 0 saturated carbocycles. The summed E-state index contributed by atoms with van der Waals surface area (Å²) < 4.78 is 25.3. The quantitative estimate of drug-likeness (QED) is 0.0447. The van der Waals surface area contributed by atoms with Gasteiger partial charge in [-0.25, -0.2) is 33.7 Å². The average molecular weight is 1310 g/mol. The summed E-state index contributed by atoms with van der Waals surface area (Å²) in [7, 11) is 2.84. The van der Waals surface area contributed by atoms with Gasteiger partial charge in [0.15, 0.2) is 6.10 Å². The third kappa shape index (κ3) is 20.7. The lowest BCUT2D eigenvalue weighted by atomic mass is 9.92. The molecule has 1 unspecified atom stereocenters. The van der Waals surface area contributed by atoms with Crippen molar-refractivity contribution in [1.82, 2.24) is 29.5 Å². The molecule has 4 aromatic heterocycles. The standard InChI is InChI=1S/C35H38N6O4.C31H32N6O2.C4H8O3.C3H5Cl/c1-22-11-13-25(14-12-22)41-32(20-30(40-41)35(3,4)5)39-34(43)37-28-15-16-29(27-10-8-7-9-26(27)28)45-21-24-17-18-36-31(19-24)38-33(42)23(2)44-6;1-20-9-11-22(12-10-20)37-29(18-27(36-37)31(2,3)4)35-30(38)34-25-13-14-26(24-8-6-5-7-23(24)25)39-19-21-15-16-33-28(32)17-21;1-3(7-2)4(5)6;1-3(2)4/h7-20,23H,21H2,1-6H3,(H,36,38,42)(H2,37,39,43);5-18H,19H2,1-4H3,(H2,32,33)(H2,34,35,38);3H,1-2H3,(H,5,6);1H2,2H3/t;;3-;/m..0./s1. The molecule has 0 fully saturated rings. The Morgan fingerprint density at radius 2 is 0.958 bits per heavy atom. The summed E-state index contributed by atoms with van der Waals surface area (Å²) in [6.07, 6.45) is 2.00. The summed E-state index contributed by atoms with van der Waals surface area (Å²) in [5, 5.41) is 36.5. The number of nitrogens with zero attached hydrogens (tertiary/aromatic N) is 6. The molecule has 2 atom stereocenters. The van der Waals surface area contributed by atoms with Crippen LogP contribution >= 0.6 is 11.6 Å². The summed E-state index contributed by atoms with van der Waals surface area (Å²) >= 11 is 5.08. The zero-order valence-corrected chi connectivity index (χ0v) is 56.5. The number of urea groups is 2. The number of carbonyl (C=O) groups is 4. The molecule has 496 valence electrons. The van der Waals surface area contributed by atoms with Crippen LogP contribution in [0.1, 0.15) is 96.0 Å². The lowest BCUT2D eigenvalue weighted by Crippen LogP contribution is -2.26. The van der Waals surface area contributed by atoms with Crippen LogP contribution < -0.4 is 41.8 Å². The number of pyridine rings is 2. The lowest BCUT2D eigenvalue weighted by molar-refractivity contribution is -0.147. The topological polar surface area (TPSA) is 273 Å². The number of carboxylic acid groups (broad SMARTS) is 1. The van der Waals surface area contributed by atoms with Crippen molar-refractivity contribution in [1.29, 1.82) is 0 Å². The number of aromatic nitrogens is 6. The number of nitrogen functional groups attached to an aromatic ring is 1. The molecular formula is C73H83ClN12O9. The van der Waals surface area contributed by atoms with Gasteiger partial charge in [-0.05, 0) is 119 Å². The molecule has 0 aliphatic rings. The zero-order valence-electron chi connectivity index (χ0n) is 55.8. The van der Waals surface area contributed by atoms with E-state index in [-0.39, 0.29) is 29.4 Å². The molecule has 0 radical (unpaired) electrons. The molecule has 0 spiro atoms. The normalized spacial score (nSPS) is 11.6. The van der Waals surface area contributed by atoms with Crippen molar-refractivity contribution >= 4 is 91.7 Å². The van der Waals surface area contributed by atoms with Crippen LogP contribution in [0.25, 0.3) is 32.9 Å². The van der Waals surface area contributed by atoms with Crippen LogP contribution in [0.2, 0.25) is 0 Å². The number of ether oxygens (including phenoxy) is 4. The second kappa shape index (κ2) is 32.8. The van der Waals surface area contributed by atoms with Gasteiger partial charge in [0.1, 0.15) is 54.1 Å². The number of amides is 5. The van der Waals surface area contributed by atoms with Crippen molar-refractivity contribution in [3.05, 3.63) is 215 Å². The molecule has 0 saturated heterocycles. The highest BCUT2D eigenvalue weighted by Gasteiger charge is 2.24. The van der Waals surface area contributed by atoms with Crippen molar-refractivity contribution < 1.29 is 43.2 Å². The smallest absolute Gasteiger partial charge is 0.332 e. The van der Waals surface area contributed by atoms with Gasteiger partial charge in [0.25, 0.3) is 5.91 Å². The molecular weight excluding hydrogens is 1220 g/mol. The highest BCUT2D eigenvalue weighted by atomic mass is 35.5.